The molecule has 1 unspecified atom stereocenters. The molecule has 0 aromatic heterocycles. The van der Waals surface area contributed by atoms with E-state index in [-0.39, 0.29) is 5.97 Å². The molecule has 0 saturated heterocycles. The topological polar surface area (TPSA) is 54.0 Å². The van der Waals surface area contributed by atoms with E-state index in [2.05, 4.69) is 24.3 Å². The first-order valence-corrected chi connectivity index (χ1v) is 12.4. The predicted octanol–water partition coefficient (Wildman–Crippen LogP) is 5.51. The molecule has 0 amide bonds. The van der Waals surface area contributed by atoms with Crippen molar-refractivity contribution in [3.63, 3.8) is 0 Å². The van der Waals surface area contributed by atoms with Crippen LogP contribution in [0.5, 0.6) is 5.75 Å². The van der Waals surface area contributed by atoms with Gasteiger partial charge in [-0.3, -0.25) is 4.79 Å². The molecule has 2 aromatic carbocycles. The molecule has 176 valence electrons. The third-order valence-electron chi connectivity index (χ3n) is 5.16. The van der Waals surface area contributed by atoms with Gasteiger partial charge in [0, 0.05) is 31.1 Å². The van der Waals surface area contributed by atoms with Gasteiger partial charge in [0.05, 0.1) is 19.1 Å². The van der Waals surface area contributed by atoms with Crippen LogP contribution < -0.4 is 4.74 Å². The van der Waals surface area contributed by atoms with E-state index in [1.54, 1.807) is 18.9 Å². The fourth-order valence-corrected chi connectivity index (χ4v) is 4.87. The molecule has 0 aliphatic heterocycles. The van der Waals surface area contributed by atoms with Crippen LogP contribution in [0, 0.1) is 5.41 Å². The van der Waals surface area contributed by atoms with Crippen LogP contribution in [0.1, 0.15) is 38.3 Å². The first-order valence-electron chi connectivity index (χ1n) is 11.2. The maximum atomic E-state index is 13.4. The van der Waals surface area contributed by atoms with Crippen molar-refractivity contribution in [1.82, 2.24) is 0 Å². The molecular weight excluding hydrogens is 424 g/mol. The normalized spacial score (nSPS) is 13.0. The molecule has 0 heterocycles. The number of ether oxygens (including phenoxy) is 4. The molecule has 0 aliphatic rings. The summed E-state index contributed by atoms with van der Waals surface area (Å²) >= 11 is 1.73. The summed E-state index contributed by atoms with van der Waals surface area (Å²) in [6.07, 6.45) is 0.552. The Kier molecular flexibility index (Phi) is 11.6. The summed E-state index contributed by atoms with van der Waals surface area (Å²) in [6.45, 7) is 7.11. The van der Waals surface area contributed by atoms with Crippen molar-refractivity contribution in [3.05, 3.63) is 65.7 Å². The minimum Gasteiger partial charge on any atom is -0.497 e. The largest absolute Gasteiger partial charge is 0.497 e. The van der Waals surface area contributed by atoms with Gasteiger partial charge in [-0.05, 0) is 50.5 Å². The number of esters is 1. The number of thioether (sulfide) groups is 1. The summed E-state index contributed by atoms with van der Waals surface area (Å²) in [5.41, 5.74) is 1.51. The number of hydrogen-bond acceptors (Lipinski definition) is 6. The molecule has 0 fully saturated rings. The highest BCUT2D eigenvalue weighted by Crippen LogP contribution is 2.37. The first kappa shape index (κ1) is 26.2. The van der Waals surface area contributed by atoms with E-state index >= 15 is 0 Å². The van der Waals surface area contributed by atoms with Crippen molar-refractivity contribution in [2.75, 3.05) is 32.7 Å². The van der Waals surface area contributed by atoms with Crippen molar-refractivity contribution in [2.24, 2.45) is 5.41 Å². The lowest BCUT2D eigenvalue weighted by atomic mass is 9.80. The van der Waals surface area contributed by atoms with Crippen LogP contribution in [-0.2, 0) is 31.2 Å². The quantitative estimate of drug-likeness (QED) is 0.258. The van der Waals surface area contributed by atoms with Crippen molar-refractivity contribution >= 4 is 17.7 Å². The molecule has 2 rings (SSSR count). The summed E-state index contributed by atoms with van der Waals surface area (Å²) in [4.78, 5) is 13.4. The Morgan fingerprint density at radius 3 is 2.12 bits per heavy atom. The van der Waals surface area contributed by atoms with Crippen LogP contribution in [0.2, 0.25) is 0 Å². The third-order valence-corrected chi connectivity index (χ3v) is 6.46. The fourth-order valence-electron chi connectivity index (χ4n) is 3.61. The molecule has 0 bridgehead atoms. The Hall–Kier alpha value is -2.02. The lowest BCUT2D eigenvalue weighted by Gasteiger charge is -2.34. The van der Waals surface area contributed by atoms with Crippen LogP contribution >= 0.6 is 11.8 Å². The monoisotopic (exact) mass is 460 g/mol. The Morgan fingerprint density at radius 1 is 0.906 bits per heavy atom. The standard InChI is InChI=1S/C26H36O5S/c1-5-29-24(30-6-2)18-26(25(27)31-7-3,17-21-11-9-8-10-12-21)20-32-19-22-13-15-23(28-4)16-14-22/h8-16,24H,5-7,17-20H2,1-4H3. The van der Waals surface area contributed by atoms with Crippen LogP contribution in [-0.4, -0.2) is 44.9 Å². The van der Waals surface area contributed by atoms with Gasteiger partial charge < -0.3 is 18.9 Å². The van der Waals surface area contributed by atoms with Gasteiger partial charge in [0.2, 0.25) is 0 Å². The number of rotatable bonds is 15. The Bertz CT molecular complexity index is 775. The second-order valence-electron chi connectivity index (χ2n) is 7.55. The zero-order valence-electron chi connectivity index (χ0n) is 19.7. The molecule has 6 heteroatoms. The zero-order valence-corrected chi connectivity index (χ0v) is 20.5. The molecular formula is C26H36O5S. The third kappa shape index (κ3) is 8.15. The average Bonchev–Trinajstić information content (AvgIpc) is 2.80. The zero-order chi connectivity index (χ0) is 23.2. The average molecular weight is 461 g/mol. The molecule has 0 spiro atoms. The lowest BCUT2D eigenvalue weighted by Crippen LogP contribution is -2.42. The van der Waals surface area contributed by atoms with Crippen molar-refractivity contribution < 1.29 is 23.7 Å². The smallest absolute Gasteiger partial charge is 0.313 e. The lowest BCUT2D eigenvalue weighted by molar-refractivity contribution is -0.175. The van der Waals surface area contributed by atoms with Gasteiger partial charge in [-0.15, -0.1) is 0 Å². The molecule has 0 aliphatic carbocycles. The Labute approximate surface area is 196 Å². The second-order valence-corrected chi connectivity index (χ2v) is 8.53. The highest BCUT2D eigenvalue weighted by molar-refractivity contribution is 7.98. The SMILES string of the molecule is CCOC(=O)C(CSCc1ccc(OC)cc1)(Cc1ccccc1)CC(OCC)OCC. The molecule has 0 saturated carbocycles. The van der Waals surface area contributed by atoms with Crippen LogP contribution in [0.3, 0.4) is 0 Å². The maximum absolute atomic E-state index is 13.4. The van der Waals surface area contributed by atoms with E-state index in [9.17, 15) is 4.79 Å². The van der Waals surface area contributed by atoms with Crippen LogP contribution in [0.4, 0.5) is 0 Å². The Morgan fingerprint density at radius 2 is 1.56 bits per heavy atom. The van der Waals surface area contributed by atoms with E-state index in [0.29, 0.717) is 38.4 Å². The minimum absolute atomic E-state index is 0.199. The number of benzene rings is 2. The first-order chi connectivity index (χ1) is 15.6. The number of carbonyl (C=O) groups excluding carboxylic acids is 1. The summed E-state index contributed by atoms with van der Waals surface area (Å²) in [7, 11) is 1.66. The van der Waals surface area contributed by atoms with Crippen molar-refractivity contribution in [3.8, 4) is 5.75 Å². The fraction of sp³-hybridized carbons (Fsp3) is 0.500. The number of hydrogen-bond donors (Lipinski definition) is 0. The van der Waals surface area contributed by atoms with Crippen molar-refractivity contribution in [1.29, 1.82) is 0 Å². The number of methoxy groups -OCH3 is 1. The van der Waals surface area contributed by atoms with Gasteiger partial charge in [-0.25, -0.2) is 0 Å². The molecule has 0 N–H and O–H groups in total. The molecule has 2 aromatic rings. The second kappa shape index (κ2) is 14.2. The van der Waals surface area contributed by atoms with Crippen molar-refractivity contribution in [2.45, 2.75) is 45.7 Å². The van der Waals surface area contributed by atoms with Gasteiger partial charge in [-0.2, -0.15) is 11.8 Å². The molecule has 1 atom stereocenters. The van der Waals surface area contributed by atoms with E-state index in [1.165, 1.54) is 5.56 Å². The van der Waals surface area contributed by atoms with E-state index in [1.807, 2.05) is 51.1 Å². The molecule has 0 radical (unpaired) electrons. The number of carbonyl (C=O) groups is 1. The summed E-state index contributed by atoms with van der Waals surface area (Å²) < 4.78 is 22.5. The van der Waals surface area contributed by atoms with Crippen LogP contribution in [0.15, 0.2) is 54.6 Å². The van der Waals surface area contributed by atoms with Gasteiger partial charge in [-0.1, -0.05) is 42.5 Å². The molecule has 32 heavy (non-hydrogen) atoms. The van der Waals surface area contributed by atoms with E-state index in [0.717, 1.165) is 17.1 Å². The van der Waals surface area contributed by atoms with Gasteiger partial charge in [0.15, 0.2) is 6.29 Å². The molecule has 5 nitrogen and oxygen atoms in total. The minimum atomic E-state index is -0.760. The van der Waals surface area contributed by atoms with Gasteiger partial charge in [0.1, 0.15) is 5.75 Å². The Balaban J connectivity index is 2.27. The van der Waals surface area contributed by atoms with E-state index < -0.39 is 11.7 Å². The highest BCUT2D eigenvalue weighted by atomic mass is 32.2. The summed E-state index contributed by atoms with van der Waals surface area (Å²) in [5.74, 6) is 2.02. The van der Waals surface area contributed by atoms with Gasteiger partial charge >= 0.3 is 5.97 Å². The van der Waals surface area contributed by atoms with Crippen LogP contribution in [0.25, 0.3) is 0 Å². The van der Waals surface area contributed by atoms with E-state index in [4.69, 9.17) is 18.9 Å². The van der Waals surface area contributed by atoms with Gasteiger partial charge in [0.25, 0.3) is 0 Å². The highest BCUT2D eigenvalue weighted by Gasteiger charge is 2.42. The predicted molar refractivity (Wildman–Crippen MR) is 130 cm³/mol. The summed E-state index contributed by atoms with van der Waals surface area (Å²) in [6, 6.07) is 18.1. The maximum Gasteiger partial charge on any atom is 0.313 e. The summed E-state index contributed by atoms with van der Waals surface area (Å²) in [5, 5.41) is 0.